The zero-order chi connectivity index (χ0) is 12.0. The lowest BCUT2D eigenvalue weighted by molar-refractivity contribution is 0.481. The molecule has 1 unspecified atom stereocenters. The summed E-state index contributed by atoms with van der Waals surface area (Å²) in [5.41, 5.74) is 1.93. The van der Waals surface area contributed by atoms with Crippen LogP contribution in [0.5, 0.6) is 0 Å². The molecule has 1 aliphatic rings. The molecular weight excluding hydrogens is 238 g/mol. The summed E-state index contributed by atoms with van der Waals surface area (Å²) in [5, 5.41) is 2.07. The van der Waals surface area contributed by atoms with E-state index in [-0.39, 0.29) is 0 Å². The maximum Gasteiger partial charge on any atom is 0.0698 e. The van der Waals surface area contributed by atoms with Gasteiger partial charge in [-0.3, -0.25) is 8.62 Å². The summed E-state index contributed by atoms with van der Waals surface area (Å²) >= 11 is 3.99. The topological polar surface area (TPSA) is 21.6 Å². The summed E-state index contributed by atoms with van der Waals surface area (Å²) in [6.07, 6.45) is 5.72. The molecule has 1 heterocycles. The quantitative estimate of drug-likeness (QED) is 0.527. The van der Waals surface area contributed by atoms with Gasteiger partial charge in [0.1, 0.15) is 0 Å². The maximum absolute atomic E-state index is 5.34. The lowest BCUT2D eigenvalue weighted by atomic mass is 10.0. The highest BCUT2D eigenvalue weighted by atomic mass is 32.3. The van der Waals surface area contributed by atoms with Crippen molar-refractivity contribution in [3.8, 4) is 0 Å². The van der Waals surface area contributed by atoms with Gasteiger partial charge < -0.3 is 0 Å². The molecule has 1 rings (SSSR count). The summed E-state index contributed by atoms with van der Waals surface area (Å²) < 4.78 is 5.34. The van der Waals surface area contributed by atoms with Gasteiger partial charge in [-0.05, 0) is 31.2 Å². The van der Waals surface area contributed by atoms with E-state index in [9.17, 15) is 0 Å². The van der Waals surface area contributed by atoms with E-state index in [1.54, 1.807) is 0 Å². The highest BCUT2D eigenvalue weighted by molar-refractivity contribution is 8.44. The summed E-state index contributed by atoms with van der Waals surface area (Å²) in [6, 6.07) is 0. The number of hydrogen-bond donors (Lipinski definition) is 1. The van der Waals surface area contributed by atoms with E-state index in [0.717, 1.165) is 11.7 Å². The Hall–Kier alpha value is 0.0700. The normalized spacial score (nSPS) is 29.6. The molecule has 4 heteroatoms. The number of thiol groups is 1. The maximum atomic E-state index is 5.34. The SMILES string of the molecule is CC(C)CCC[C@H](C)CS1(OS)C=CN=C1. The Labute approximate surface area is 107 Å². The van der Waals surface area contributed by atoms with Crippen LogP contribution < -0.4 is 0 Å². The summed E-state index contributed by atoms with van der Waals surface area (Å²) in [7, 11) is -1.26. The Bertz CT molecular complexity index is 252. The van der Waals surface area contributed by atoms with Crippen molar-refractivity contribution in [2.75, 3.05) is 5.75 Å². The zero-order valence-corrected chi connectivity index (χ0v) is 12.1. The Morgan fingerprint density at radius 2 is 2.06 bits per heavy atom. The van der Waals surface area contributed by atoms with E-state index in [2.05, 4.69) is 44.1 Å². The van der Waals surface area contributed by atoms with Crippen LogP contribution in [-0.4, -0.2) is 11.3 Å². The Balaban J connectivity index is 2.30. The van der Waals surface area contributed by atoms with Gasteiger partial charge in [-0.2, -0.15) is 0 Å². The molecule has 2 atom stereocenters. The summed E-state index contributed by atoms with van der Waals surface area (Å²) in [4.78, 5) is 4.13. The average molecular weight is 261 g/mol. The molecule has 0 saturated carbocycles. The second kappa shape index (κ2) is 6.72. The standard InChI is InChI=1S/C12H23NOS2/c1-11(2)5-4-6-12(3)9-16(14-15)8-7-13-10-16/h7-8,10-12,15H,4-6,9H2,1-3H3/t12-/m0/s1. The molecule has 2 nitrogen and oxygen atoms in total. The molecule has 0 amide bonds. The molecule has 0 aromatic carbocycles. The largest absolute Gasteiger partial charge is 0.263 e. The van der Waals surface area contributed by atoms with Crippen molar-refractivity contribution in [3.63, 3.8) is 0 Å². The molecule has 0 spiro atoms. The monoisotopic (exact) mass is 261 g/mol. The molecule has 0 bridgehead atoms. The third-order valence-corrected chi connectivity index (χ3v) is 6.04. The third-order valence-electron chi connectivity index (χ3n) is 2.78. The van der Waals surface area contributed by atoms with Crippen LogP contribution in [-0.2, 0) is 3.63 Å². The van der Waals surface area contributed by atoms with Crippen molar-refractivity contribution < 1.29 is 3.63 Å². The minimum atomic E-state index is -1.26. The second-order valence-corrected chi connectivity index (χ2v) is 7.96. The molecular formula is C12H23NOS2. The van der Waals surface area contributed by atoms with Crippen molar-refractivity contribution in [2.24, 2.45) is 16.8 Å². The Morgan fingerprint density at radius 3 is 2.56 bits per heavy atom. The van der Waals surface area contributed by atoms with Gasteiger partial charge in [-0.15, -0.1) is 0 Å². The third kappa shape index (κ3) is 4.52. The first-order valence-corrected chi connectivity index (χ1v) is 8.13. The Morgan fingerprint density at radius 1 is 1.31 bits per heavy atom. The lowest BCUT2D eigenvalue weighted by Crippen LogP contribution is -2.10. The van der Waals surface area contributed by atoms with Gasteiger partial charge in [-0.1, -0.05) is 43.9 Å². The van der Waals surface area contributed by atoms with Crippen LogP contribution >= 0.6 is 23.2 Å². The fourth-order valence-electron chi connectivity index (χ4n) is 1.89. The minimum Gasteiger partial charge on any atom is -0.263 e. The van der Waals surface area contributed by atoms with Crippen LogP contribution in [0.3, 0.4) is 0 Å². The molecule has 0 aromatic heterocycles. The molecule has 0 N–H and O–H groups in total. The smallest absolute Gasteiger partial charge is 0.0698 e. The van der Waals surface area contributed by atoms with E-state index >= 15 is 0 Å². The van der Waals surface area contributed by atoms with Crippen LogP contribution in [0.15, 0.2) is 16.6 Å². The van der Waals surface area contributed by atoms with Gasteiger partial charge in [-0.25, -0.2) is 0 Å². The molecule has 1 aliphatic heterocycles. The van der Waals surface area contributed by atoms with Crippen LogP contribution in [0.25, 0.3) is 0 Å². The van der Waals surface area contributed by atoms with Gasteiger partial charge in [0, 0.05) is 17.4 Å². The van der Waals surface area contributed by atoms with Crippen molar-refractivity contribution >= 4 is 28.8 Å². The average Bonchev–Trinajstić information content (AvgIpc) is 2.66. The van der Waals surface area contributed by atoms with Gasteiger partial charge >= 0.3 is 0 Å². The minimum absolute atomic E-state index is 0.676. The fourth-order valence-corrected chi connectivity index (χ4v) is 4.36. The van der Waals surface area contributed by atoms with Crippen molar-refractivity contribution in [2.45, 2.75) is 40.0 Å². The summed E-state index contributed by atoms with van der Waals surface area (Å²) in [5.74, 6) is 2.53. The van der Waals surface area contributed by atoms with Gasteiger partial charge in [0.25, 0.3) is 0 Å². The first-order valence-electron chi connectivity index (χ1n) is 5.92. The molecule has 0 radical (unpaired) electrons. The number of hydrogen-bond acceptors (Lipinski definition) is 3. The number of rotatable bonds is 7. The molecule has 0 aromatic rings. The predicted octanol–water partition coefficient (Wildman–Crippen LogP) is 4.54. The van der Waals surface area contributed by atoms with Crippen molar-refractivity contribution in [1.82, 2.24) is 0 Å². The van der Waals surface area contributed by atoms with Gasteiger partial charge in [0.2, 0.25) is 0 Å². The first kappa shape index (κ1) is 14.1. The molecule has 16 heavy (non-hydrogen) atoms. The van der Waals surface area contributed by atoms with Crippen LogP contribution in [0, 0.1) is 11.8 Å². The lowest BCUT2D eigenvalue weighted by Gasteiger charge is -2.29. The number of aliphatic imine (C=N–C) groups is 1. The van der Waals surface area contributed by atoms with E-state index in [4.69, 9.17) is 3.63 Å². The predicted molar refractivity (Wildman–Crippen MR) is 78.0 cm³/mol. The van der Waals surface area contributed by atoms with Crippen molar-refractivity contribution in [3.05, 3.63) is 11.6 Å². The fraction of sp³-hybridized carbons (Fsp3) is 0.750. The van der Waals surface area contributed by atoms with E-state index in [0.29, 0.717) is 5.92 Å². The van der Waals surface area contributed by atoms with Crippen LogP contribution in [0.2, 0.25) is 0 Å². The zero-order valence-electron chi connectivity index (χ0n) is 10.4. The van der Waals surface area contributed by atoms with Gasteiger partial charge in [0.05, 0.1) is 5.55 Å². The Kier molecular flexibility index (Phi) is 5.94. The van der Waals surface area contributed by atoms with Crippen molar-refractivity contribution in [1.29, 1.82) is 0 Å². The molecule has 0 fully saturated rings. The highest BCUT2D eigenvalue weighted by Gasteiger charge is 2.24. The second-order valence-electron chi connectivity index (χ2n) is 4.99. The highest BCUT2D eigenvalue weighted by Crippen LogP contribution is 2.53. The van der Waals surface area contributed by atoms with E-state index in [1.807, 2.05) is 11.7 Å². The molecule has 0 saturated heterocycles. The van der Waals surface area contributed by atoms with E-state index < -0.39 is 10.3 Å². The summed E-state index contributed by atoms with van der Waals surface area (Å²) in [6.45, 7) is 6.85. The van der Waals surface area contributed by atoms with Crippen LogP contribution in [0.1, 0.15) is 40.0 Å². The number of nitrogens with zero attached hydrogens (tertiary/aromatic N) is 1. The van der Waals surface area contributed by atoms with Crippen LogP contribution in [0.4, 0.5) is 0 Å². The van der Waals surface area contributed by atoms with E-state index in [1.165, 1.54) is 19.3 Å². The molecule has 94 valence electrons. The molecule has 0 aliphatic carbocycles. The first-order chi connectivity index (χ1) is 7.58. The van der Waals surface area contributed by atoms with Gasteiger partial charge in [0.15, 0.2) is 0 Å².